The molecule has 20 heavy (non-hydrogen) atoms. The summed E-state index contributed by atoms with van der Waals surface area (Å²) < 4.78 is 6.74. The molecule has 0 heterocycles. The van der Waals surface area contributed by atoms with Crippen LogP contribution in [0.3, 0.4) is 0 Å². The Morgan fingerprint density at radius 3 is 2.55 bits per heavy atom. The van der Waals surface area contributed by atoms with E-state index in [0.29, 0.717) is 5.56 Å². The molecule has 0 radical (unpaired) electrons. The van der Waals surface area contributed by atoms with Gasteiger partial charge in [0.05, 0.1) is 0 Å². The van der Waals surface area contributed by atoms with Gasteiger partial charge in [0.1, 0.15) is 5.75 Å². The Hall–Kier alpha value is -1.62. The number of carbonyl (C=O) groups is 1. The van der Waals surface area contributed by atoms with E-state index in [1.807, 2.05) is 54.6 Å². The van der Waals surface area contributed by atoms with Crippen molar-refractivity contribution >= 4 is 28.4 Å². The molecule has 0 bridgehead atoms. The molecule has 0 fully saturated rings. The van der Waals surface area contributed by atoms with Gasteiger partial charge >= 0.3 is 0 Å². The molecule has 0 aliphatic rings. The third kappa shape index (κ3) is 3.93. The summed E-state index contributed by atoms with van der Waals surface area (Å²) in [5.74, 6) is 0.723. The standard InChI is InChI=1S/C17H15IO2/c1-2-5-14-6-3-4-7-17(14)20-12-16(19)13-8-10-15(18)11-9-13/h2-4,6-11H,1,5,12H2. The number of allylic oxidation sites excluding steroid dienone is 1. The number of hydrogen-bond acceptors (Lipinski definition) is 2. The van der Waals surface area contributed by atoms with E-state index < -0.39 is 0 Å². The largest absolute Gasteiger partial charge is 0.485 e. The molecule has 3 heteroatoms. The van der Waals surface area contributed by atoms with Crippen molar-refractivity contribution in [1.82, 2.24) is 0 Å². The second-order valence-corrected chi connectivity index (χ2v) is 5.56. The van der Waals surface area contributed by atoms with Crippen LogP contribution in [0.1, 0.15) is 15.9 Å². The third-order valence-electron chi connectivity index (χ3n) is 2.86. The smallest absolute Gasteiger partial charge is 0.200 e. The maximum absolute atomic E-state index is 12.1. The van der Waals surface area contributed by atoms with E-state index >= 15 is 0 Å². The van der Waals surface area contributed by atoms with Crippen LogP contribution in [0, 0.1) is 3.57 Å². The molecule has 0 aliphatic heterocycles. The summed E-state index contributed by atoms with van der Waals surface area (Å²) in [5.41, 5.74) is 1.71. The Balaban J connectivity index is 2.03. The molecule has 0 atom stereocenters. The van der Waals surface area contributed by atoms with Crippen molar-refractivity contribution in [3.8, 4) is 5.75 Å². The fourth-order valence-corrected chi connectivity index (χ4v) is 2.19. The van der Waals surface area contributed by atoms with Crippen molar-refractivity contribution in [2.75, 3.05) is 6.61 Å². The first kappa shape index (κ1) is 14.8. The maximum atomic E-state index is 12.1. The van der Waals surface area contributed by atoms with Crippen LogP contribution in [-0.4, -0.2) is 12.4 Å². The van der Waals surface area contributed by atoms with E-state index in [1.54, 1.807) is 0 Å². The van der Waals surface area contributed by atoms with Crippen LogP contribution in [-0.2, 0) is 6.42 Å². The van der Waals surface area contributed by atoms with E-state index in [1.165, 1.54) is 0 Å². The van der Waals surface area contributed by atoms with Gasteiger partial charge in [-0.1, -0.05) is 36.4 Å². The fourth-order valence-electron chi connectivity index (χ4n) is 1.83. The number of benzene rings is 2. The molecule has 2 rings (SSSR count). The lowest BCUT2D eigenvalue weighted by Crippen LogP contribution is -2.12. The van der Waals surface area contributed by atoms with Crippen molar-refractivity contribution in [1.29, 1.82) is 0 Å². The average molecular weight is 378 g/mol. The quantitative estimate of drug-likeness (QED) is 0.426. The Kier molecular flexibility index (Phi) is 5.35. The predicted octanol–water partition coefficient (Wildman–Crippen LogP) is 4.28. The molecule has 0 saturated heterocycles. The average Bonchev–Trinajstić information content (AvgIpc) is 2.47. The molecule has 0 spiro atoms. The van der Waals surface area contributed by atoms with Crippen LogP contribution < -0.4 is 4.74 Å². The van der Waals surface area contributed by atoms with E-state index in [2.05, 4.69) is 29.2 Å². The van der Waals surface area contributed by atoms with Gasteiger partial charge in [0, 0.05) is 9.13 Å². The first-order valence-corrected chi connectivity index (χ1v) is 7.39. The zero-order valence-electron chi connectivity index (χ0n) is 11.0. The Labute approximate surface area is 132 Å². The SMILES string of the molecule is C=CCc1ccccc1OCC(=O)c1ccc(I)cc1. The van der Waals surface area contributed by atoms with Gasteiger partial charge in [0.2, 0.25) is 0 Å². The van der Waals surface area contributed by atoms with Crippen molar-refractivity contribution in [3.63, 3.8) is 0 Å². The molecule has 2 aromatic carbocycles. The highest BCUT2D eigenvalue weighted by atomic mass is 127. The van der Waals surface area contributed by atoms with Gasteiger partial charge in [-0.3, -0.25) is 4.79 Å². The van der Waals surface area contributed by atoms with Gasteiger partial charge in [-0.15, -0.1) is 6.58 Å². The van der Waals surface area contributed by atoms with Crippen molar-refractivity contribution in [2.24, 2.45) is 0 Å². The maximum Gasteiger partial charge on any atom is 0.200 e. The van der Waals surface area contributed by atoms with Gasteiger partial charge < -0.3 is 4.74 Å². The first-order chi connectivity index (χ1) is 9.70. The van der Waals surface area contributed by atoms with Crippen LogP contribution in [0.2, 0.25) is 0 Å². The second kappa shape index (κ2) is 7.24. The zero-order valence-corrected chi connectivity index (χ0v) is 13.2. The summed E-state index contributed by atoms with van der Waals surface area (Å²) in [7, 11) is 0. The fraction of sp³-hybridized carbons (Fsp3) is 0.118. The van der Waals surface area contributed by atoms with E-state index in [-0.39, 0.29) is 12.4 Å². The molecular formula is C17H15IO2. The highest BCUT2D eigenvalue weighted by Crippen LogP contribution is 2.19. The zero-order chi connectivity index (χ0) is 14.4. The molecule has 0 aliphatic carbocycles. The summed E-state index contributed by atoms with van der Waals surface area (Å²) >= 11 is 2.21. The number of carbonyl (C=O) groups excluding carboxylic acids is 1. The van der Waals surface area contributed by atoms with E-state index in [4.69, 9.17) is 4.74 Å². The predicted molar refractivity (Wildman–Crippen MR) is 89.3 cm³/mol. The van der Waals surface area contributed by atoms with Crippen molar-refractivity contribution in [2.45, 2.75) is 6.42 Å². The van der Waals surface area contributed by atoms with Crippen molar-refractivity contribution in [3.05, 3.63) is 75.9 Å². The number of rotatable bonds is 6. The molecule has 0 N–H and O–H groups in total. The highest BCUT2D eigenvalue weighted by Gasteiger charge is 2.08. The number of halogens is 1. The summed E-state index contributed by atoms with van der Waals surface area (Å²) in [5, 5.41) is 0. The molecule has 0 amide bonds. The van der Waals surface area contributed by atoms with Crippen molar-refractivity contribution < 1.29 is 9.53 Å². The molecule has 102 valence electrons. The van der Waals surface area contributed by atoms with Crippen LogP contribution in [0.15, 0.2) is 61.2 Å². The van der Waals surface area contributed by atoms with E-state index in [0.717, 1.165) is 21.3 Å². The van der Waals surface area contributed by atoms with Crippen LogP contribution in [0.4, 0.5) is 0 Å². The number of hydrogen-bond donors (Lipinski definition) is 0. The monoisotopic (exact) mass is 378 g/mol. The van der Waals surface area contributed by atoms with Gasteiger partial charge in [-0.2, -0.15) is 0 Å². The topological polar surface area (TPSA) is 26.3 Å². The minimum absolute atomic E-state index is 0.0187. The Bertz CT molecular complexity index is 603. The molecule has 0 saturated carbocycles. The van der Waals surface area contributed by atoms with E-state index in [9.17, 15) is 4.79 Å². The molecule has 2 nitrogen and oxygen atoms in total. The minimum Gasteiger partial charge on any atom is -0.485 e. The van der Waals surface area contributed by atoms with Gasteiger partial charge in [0.25, 0.3) is 0 Å². The lowest BCUT2D eigenvalue weighted by molar-refractivity contribution is 0.0921. The van der Waals surface area contributed by atoms with Gasteiger partial charge in [-0.25, -0.2) is 0 Å². The molecular weight excluding hydrogens is 363 g/mol. The van der Waals surface area contributed by atoms with Crippen LogP contribution in [0.25, 0.3) is 0 Å². The Morgan fingerprint density at radius 2 is 1.85 bits per heavy atom. The summed E-state index contributed by atoms with van der Waals surface area (Å²) in [6, 6.07) is 15.2. The normalized spacial score (nSPS) is 10.1. The first-order valence-electron chi connectivity index (χ1n) is 6.31. The number of Topliss-reactive ketones (excluding diaryl/α,β-unsaturated/α-hetero) is 1. The van der Waals surface area contributed by atoms with Gasteiger partial charge in [0.15, 0.2) is 12.4 Å². The van der Waals surface area contributed by atoms with Gasteiger partial charge in [-0.05, 0) is 52.8 Å². The number of para-hydroxylation sites is 1. The summed E-state index contributed by atoms with van der Waals surface area (Å²) in [6.45, 7) is 3.78. The number of ether oxygens (including phenoxy) is 1. The lowest BCUT2D eigenvalue weighted by Gasteiger charge is -2.09. The molecule has 0 unspecified atom stereocenters. The highest BCUT2D eigenvalue weighted by molar-refractivity contribution is 14.1. The molecule has 2 aromatic rings. The minimum atomic E-state index is -0.0187. The van der Waals surface area contributed by atoms with Crippen LogP contribution >= 0.6 is 22.6 Å². The summed E-state index contributed by atoms with van der Waals surface area (Å²) in [4.78, 5) is 12.1. The third-order valence-corrected chi connectivity index (χ3v) is 3.58. The lowest BCUT2D eigenvalue weighted by atomic mass is 10.1. The second-order valence-electron chi connectivity index (χ2n) is 4.32. The molecule has 0 aromatic heterocycles. The van der Waals surface area contributed by atoms with Crippen LogP contribution in [0.5, 0.6) is 5.75 Å². The number of ketones is 1. The summed E-state index contributed by atoms with van der Waals surface area (Å²) in [6.07, 6.45) is 2.55. The Morgan fingerprint density at radius 1 is 1.15 bits per heavy atom.